The van der Waals surface area contributed by atoms with Gasteiger partial charge in [-0.1, -0.05) is 0 Å². The van der Waals surface area contributed by atoms with E-state index in [0.717, 1.165) is 37.3 Å². The summed E-state index contributed by atoms with van der Waals surface area (Å²) >= 11 is 0. The molecule has 0 aliphatic carbocycles. The Hall–Kier alpha value is -2.93. The summed E-state index contributed by atoms with van der Waals surface area (Å²) < 4.78 is 22.2. The molecule has 0 spiro atoms. The summed E-state index contributed by atoms with van der Waals surface area (Å²) in [7, 11) is 3.17. The molecule has 1 unspecified atom stereocenters. The molecular weight excluding hydrogens is 384 g/mol. The summed E-state index contributed by atoms with van der Waals surface area (Å²) in [6.45, 7) is 2.74. The molecule has 2 aliphatic rings. The average molecular weight is 413 g/mol. The first-order valence-corrected chi connectivity index (χ1v) is 10.4. The van der Waals surface area contributed by atoms with Crippen LogP contribution in [0.2, 0.25) is 0 Å². The summed E-state index contributed by atoms with van der Waals surface area (Å²) in [6.07, 6.45) is 3.04. The third-order valence-electron chi connectivity index (χ3n) is 5.71. The van der Waals surface area contributed by atoms with Crippen LogP contribution in [-0.4, -0.2) is 46.4 Å². The molecule has 4 rings (SSSR count). The van der Waals surface area contributed by atoms with Crippen LogP contribution in [0.3, 0.4) is 0 Å². The zero-order chi connectivity index (χ0) is 20.9. The molecule has 7 nitrogen and oxygen atoms in total. The Morgan fingerprint density at radius 1 is 1.03 bits per heavy atom. The predicted molar refractivity (Wildman–Crippen MR) is 113 cm³/mol. The van der Waals surface area contributed by atoms with E-state index in [1.165, 1.54) is 10.5 Å². The van der Waals surface area contributed by atoms with Crippen LogP contribution >= 0.6 is 0 Å². The van der Waals surface area contributed by atoms with Crippen molar-refractivity contribution in [1.82, 2.24) is 0 Å². The highest BCUT2D eigenvalue weighted by Crippen LogP contribution is 2.33. The summed E-state index contributed by atoms with van der Waals surface area (Å²) in [5, 5.41) is 2.99. The van der Waals surface area contributed by atoms with Crippen molar-refractivity contribution in [2.24, 2.45) is 0 Å². The van der Waals surface area contributed by atoms with Crippen molar-refractivity contribution in [3.63, 3.8) is 0 Å². The molecule has 0 radical (unpaired) electrons. The third-order valence-corrected chi connectivity index (χ3v) is 5.71. The third kappa shape index (κ3) is 4.46. The Morgan fingerprint density at radius 2 is 1.83 bits per heavy atom. The lowest BCUT2D eigenvalue weighted by Crippen LogP contribution is -3.11. The Kier molecular flexibility index (Phi) is 6.28. The lowest BCUT2D eigenvalue weighted by molar-refractivity contribution is -0.910. The Morgan fingerprint density at radius 3 is 2.63 bits per heavy atom. The molecular formula is C23H29N2O5+. The second-order valence-electron chi connectivity index (χ2n) is 7.65. The van der Waals surface area contributed by atoms with Crippen molar-refractivity contribution in [3.05, 3.63) is 42.0 Å². The lowest BCUT2D eigenvalue weighted by Gasteiger charge is -2.22. The maximum Gasteiger partial charge on any atom is 0.279 e. The maximum atomic E-state index is 12.7. The van der Waals surface area contributed by atoms with Crippen LogP contribution in [0.15, 0.2) is 36.4 Å². The van der Waals surface area contributed by atoms with Crippen molar-refractivity contribution >= 4 is 11.6 Å². The van der Waals surface area contributed by atoms with Crippen molar-refractivity contribution in [2.75, 3.05) is 45.8 Å². The number of likely N-dealkylation sites (tertiary alicyclic amines) is 1. The second kappa shape index (κ2) is 9.26. The number of carbonyl (C=O) groups excluding carboxylic acids is 1. The van der Waals surface area contributed by atoms with E-state index >= 15 is 0 Å². The number of methoxy groups -OCH3 is 2. The van der Waals surface area contributed by atoms with E-state index in [1.54, 1.807) is 26.4 Å². The highest BCUT2D eigenvalue weighted by molar-refractivity contribution is 5.91. The molecule has 0 aromatic heterocycles. The van der Waals surface area contributed by atoms with Crippen LogP contribution in [-0.2, 0) is 4.79 Å². The quantitative estimate of drug-likeness (QED) is 0.760. The molecule has 30 heavy (non-hydrogen) atoms. The summed E-state index contributed by atoms with van der Waals surface area (Å²) in [5.41, 5.74) is 1.90. The molecule has 1 saturated heterocycles. The van der Waals surface area contributed by atoms with Crippen LogP contribution in [0.5, 0.6) is 23.0 Å². The first-order valence-electron chi connectivity index (χ1n) is 10.4. The van der Waals surface area contributed by atoms with Gasteiger partial charge in [0.1, 0.15) is 6.04 Å². The second-order valence-corrected chi connectivity index (χ2v) is 7.65. The number of ether oxygens (including phenoxy) is 4. The molecule has 0 saturated carbocycles. The topological polar surface area (TPSA) is 70.5 Å². The van der Waals surface area contributed by atoms with E-state index in [9.17, 15) is 4.79 Å². The first kappa shape index (κ1) is 20.3. The fraction of sp³-hybridized carbons (Fsp3) is 0.435. The molecule has 0 bridgehead atoms. The van der Waals surface area contributed by atoms with E-state index in [-0.39, 0.29) is 11.9 Å². The number of anilines is 1. The molecule has 2 aliphatic heterocycles. The highest BCUT2D eigenvalue weighted by Gasteiger charge is 2.32. The Balaban J connectivity index is 1.43. The minimum atomic E-state index is -0.0153. The van der Waals surface area contributed by atoms with Crippen LogP contribution in [0.1, 0.15) is 30.9 Å². The van der Waals surface area contributed by atoms with Crippen LogP contribution in [0.25, 0.3) is 0 Å². The van der Waals surface area contributed by atoms with Gasteiger partial charge < -0.3 is 29.2 Å². The smallest absolute Gasteiger partial charge is 0.279 e. The number of rotatable bonds is 6. The number of quaternary nitrogens is 1. The molecule has 2 atom stereocenters. The number of nitrogens with one attached hydrogen (secondary N) is 2. The molecule has 1 fully saturated rings. The van der Waals surface area contributed by atoms with E-state index < -0.39 is 0 Å². The number of hydrogen-bond donors (Lipinski definition) is 2. The Bertz CT molecular complexity index is 901. The number of hydrogen-bond acceptors (Lipinski definition) is 5. The van der Waals surface area contributed by atoms with Crippen molar-refractivity contribution in [1.29, 1.82) is 0 Å². The molecule has 2 aromatic carbocycles. The van der Waals surface area contributed by atoms with Gasteiger partial charge in [0.25, 0.3) is 5.91 Å². The number of fused-ring (bicyclic) bond motifs is 1. The minimum Gasteiger partial charge on any atom is -0.493 e. The van der Waals surface area contributed by atoms with Gasteiger partial charge in [-0.15, -0.1) is 0 Å². The van der Waals surface area contributed by atoms with Gasteiger partial charge in [0.05, 0.1) is 34.0 Å². The zero-order valence-corrected chi connectivity index (χ0v) is 17.5. The number of amides is 1. The maximum absolute atomic E-state index is 12.7. The monoisotopic (exact) mass is 413 g/mol. The predicted octanol–water partition coefficient (Wildman–Crippen LogP) is 2.22. The van der Waals surface area contributed by atoms with Crippen molar-refractivity contribution in [3.8, 4) is 23.0 Å². The minimum absolute atomic E-state index is 0.0153. The van der Waals surface area contributed by atoms with Gasteiger partial charge in [-0.2, -0.15) is 0 Å². The normalized spacial score (nSPS) is 20.3. The fourth-order valence-corrected chi connectivity index (χ4v) is 4.25. The van der Waals surface area contributed by atoms with Gasteiger partial charge in [-0.05, 0) is 30.3 Å². The largest absolute Gasteiger partial charge is 0.493 e. The highest BCUT2D eigenvalue weighted by atomic mass is 16.5. The SMILES string of the molecule is COc1ccc(NC(=O)C[NH+]2CCC[C@@H]2c2ccc3c(c2)OCCCO3)cc1OC. The van der Waals surface area contributed by atoms with Gasteiger partial charge in [0.2, 0.25) is 0 Å². The zero-order valence-electron chi connectivity index (χ0n) is 17.5. The van der Waals surface area contributed by atoms with Crippen LogP contribution < -0.4 is 29.2 Å². The molecule has 2 N–H and O–H groups in total. The van der Waals surface area contributed by atoms with E-state index in [1.807, 2.05) is 12.1 Å². The average Bonchev–Trinajstić information content (AvgIpc) is 3.08. The van der Waals surface area contributed by atoms with Crippen LogP contribution in [0.4, 0.5) is 5.69 Å². The fourth-order valence-electron chi connectivity index (χ4n) is 4.25. The van der Waals surface area contributed by atoms with Gasteiger partial charge in [-0.3, -0.25) is 4.79 Å². The standard InChI is InChI=1S/C23H28N2O5/c1-27-19-9-7-17(14-21(19)28-2)24-23(26)15-25-10-3-5-18(25)16-6-8-20-22(13-16)30-12-4-11-29-20/h6-9,13-14,18H,3-5,10-12,15H2,1-2H3,(H,24,26)/p+1/t18-/m1/s1. The van der Waals surface area contributed by atoms with Crippen molar-refractivity contribution in [2.45, 2.75) is 25.3 Å². The number of carbonyl (C=O) groups is 1. The summed E-state index contributed by atoms with van der Waals surface area (Å²) in [6, 6.07) is 11.8. The van der Waals surface area contributed by atoms with Gasteiger partial charge in [0, 0.05) is 36.6 Å². The van der Waals surface area contributed by atoms with E-state index in [2.05, 4.69) is 17.4 Å². The summed E-state index contributed by atoms with van der Waals surface area (Å²) in [5.74, 6) is 2.83. The molecule has 7 heteroatoms. The summed E-state index contributed by atoms with van der Waals surface area (Å²) in [4.78, 5) is 14.0. The van der Waals surface area contributed by atoms with Gasteiger partial charge >= 0.3 is 0 Å². The first-order chi connectivity index (χ1) is 14.7. The molecule has 2 aromatic rings. The number of benzene rings is 2. The van der Waals surface area contributed by atoms with Gasteiger partial charge in [-0.25, -0.2) is 0 Å². The van der Waals surface area contributed by atoms with E-state index in [0.29, 0.717) is 36.9 Å². The van der Waals surface area contributed by atoms with E-state index in [4.69, 9.17) is 18.9 Å². The van der Waals surface area contributed by atoms with Crippen LogP contribution in [0, 0.1) is 0 Å². The van der Waals surface area contributed by atoms with Crippen molar-refractivity contribution < 1.29 is 28.6 Å². The molecule has 160 valence electrons. The Labute approximate surface area is 176 Å². The lowest BCUT2D eigenvalue weighted by atomic mass is 10.0. The van der Waals surface area contributed by atoms with Gasteiger partial charge in [0.15, 0.2) is 29.5 Å². The molecule has 2 heterocycles. The molecule has 1 amide bonds.